The Balaban J connectivity index is 1.51. The average Bonchev–Trinajstić information content (AvgIpc) is 3.24. The Hall–Kier alpha value is -3.24. The number of hydrogen-bond donors (Lipinski definition) is 1. The smallest absolute Gasteiger partial charge is 0.254 e. The van der Waals surface area contributed by atoms with Crippen molar-refractivity contribution in [1.29, 1.82) is 0 Å². The van der Waals surface area contributed by atoms with Crippen LogP contribution in [0.25, 0.3) is 0 Å². The lowest BCUT2D eigenvalue weighted by atomic mass is 9.71. The van der Waals surface area contributed by atoms with Gasteiger partial charge in [0.25, 0.3) is 5.91 Å². The first-order chi connectivity index (χ1) is 18.2. The highest BCUT2D eigenvalue weighted by Crippen LogP contribution is 2.36. The first-order valence-corrected chi connectivity index (χ1v) is 12.8. The van der Waals surface area contributed by atoms with Crippen LogP contribution in [-0.2, 0) is 34.0 Å². The van der Waals surface area contributed by atoms with Crippen molar-refractivity contribution in [2.75, 3.05) is 20.1 Å². The Morgan fingerprint density at radius 2 is 2.00 bits per heavy atom. The molecule has 0 bridgehead atoms. The number of hydrogen-bond acceptors (Lipinski definition) is 6. The first-order valence-electron chi connectivity index (χ1n) is 12.8. The molecule has 2 radical (unpaired) electrons. The fourth-order valence-electron chi connectivity index (χ4n) is 5.29. The minimum Gasteiger partial charge on any atom is -0.488 e. The van der Waals surface area contributed by atoms with Crippen molar-refractivity contribution in [1.82, 2.24) is 15.1 Å². The summed E-state index contributed by atoms with van der Waals surface area (Å²) in [6.07, 6.45) is 0.934. The molecule has 3 unspecified atom stereocenters. The van der Waals surface area contributed by atoms with E-state index in [4.69, 9.17) is 17.3 Å². The number of rotatable bonds is 10. The summed E-state index contributed by atoms with van der Waals surface area (Å²) in [5.41, 5.74) is 0.602. The van der Waals surface area contributed by atoms with Crippen LogP contribution in [0.15, 0.2) is 36.4 Å². The van der Waals surface area contributed by atoms with Crippen LogP contribution in [-0.4, -0.2) is 73.5 Å². The molecule has 0 spiro atoms. The number of likely N-dealkylation sites (N-methyl/N-ethyl adjacent to an activating group) is 1. The highest BCUT2D eigenvalue weighted by molar-refractivity contribution is 6.30. The molecule has 2 amide bonds. The van der Waals surface area contributed by atoms with Gasteiger partial charge in [0.05, 0.1) is 24.2 Å². The van der Waals surface area contributed by atoms with Crippen LogP contribution in [0.3, 0.4) is 0 Å². The van der Waals surface area contributed by atoms with E-state index < -0.39 is 17.3 Å². The second kappa shape index (κ2) is 11.7. The van der Waals surface area contributed by atoms with Crippen molar-refractivity contribution in [2.45, 2.75) is 64.0 Å². The van der Waals surface area contributed by atoms with Crippen LogP contribution in [0.2, 0.25) is 0 Å². The molecule has 0 aromatic heterocycles. The van der Waals surface area contributed by atoms with Crippen LogP contribution < -0.4 is 10.1 Å². The van der Waals surface area contributed by atoms with E-state index in [0.29, 0.717) is 35.3 Å². The maximum atomic E-state index is 14.7. The number of morpholine rings is 1. The van der Waals surface area contributed by atoms with Gasteiger partial charge >= 0.3 is 0 Å². The maximum Gasteiger partial charge on any atom is 0.254 e. The molecular weight excluding hydrogens is 488 g/mol. The van der Waals surface area contributed by atoms with E-state index in [-0.39, 0.29) is 44.0 Å². The standard InChI is InChI=1S/C28H33BFN3O5/c1-18-13-32(14-19(2)38-18)15-20-8-9-24(30)21(12-20)17-37-25-7-4-6-22-23(25)16-33(26(22)35)28(29,10-5-11-34)27(36)31-3/h4,6-9,11-12,18-19H,5,10,13-17H2,1-3H3,(H,31,36). The number of fused-ring (bicyclic) bond motifs is 1. The normalized spacial score (nSPS) is 21.1. The third-order valence-corrected chi connectivity index (χ3v) is 7.06. The van der Waals surface area contributed by atoms with Crippen LogP contribution >= 0.6 is 0 Å². The second-order valence-electron chi connectivity index (χ2n) is 10.0. The third kappa shape index (κ3) is 5.76. The fraction of sp³-hybridized carbons (Fsp3) is 0.464. The Labute approximate surface area is 223 Å². The van der Waals surface area contributed by atoms with Gasteiger partial charge in [-0.15, -0.1) is 0 Å². The van der Waals surface area contributed by atoms with Crippen molar-refractivity contribution >= 4 is 25.9 Å². The zero-order valence-corrected chi connectivity index (χ0v) is 22.0. The summed E-state index contributed by atoms with van der Waals surface area (Å²) in [5.74, 6) is -0.957. The van der Waals surface area contributed by atoms with Gasteiger partial charge in [-0.3, -0.25) is 14.5 Å². The summed E-state index contributed by atoms with van der Waals surface area (Å²) < 4.78 is 26.5. The minimum atomic E-state index is -1.70. The predicted octanol–water partition coefficient (Wildman–Crippen LogP) is 2.56. The van der Waals surface area contributed by atoms with Crippen molar-refractivity contribution < 1.29 is 28.2 Å². The number of carbonyl (C=O) groups is 3. The molecule has 1 fully saturated rings. The Morgan fingerprint density at radius 3 is 2.68 bits per heavy atom. The SMILES string of the molecule is [B]C(CCC=O)(C(=O)NC)N1Cc2c(OCc3cc(CN4CC(C)OC(C)C4)ccc3F)cccc2C1=O. The van der Waals surface area contributed by atoms with Crippen LogP contribution in [0.4, 0.5) is 4.39 Å². The minimum absolute atomic E-state index is 0.0191. The van der Waals surface area contributed by atoms with Crippen LogP contribution in [0.5, 0.6) is 5.75 Å². The number of amides is 2. The molecule has 2 aromatic carbocycles. The van der Waals surface area contributed by atoms with E-state index in [9.17, 15) is 18.8 Å². The number of benzene rings is 2. The van der Waals surface area contributed by atoms with Gasteiger partial charge in [-0.2, -0.15) is 0 Å². The quantitative estimate of drug-likeness (QED) is 0.382. The van der Waals surface area contributed by atoms with Crippen LogP contribution in [0, 0.1) is 5.82 Å². The van der Waals surface area contributed by atoms with Gasteiger partial charge in [0, 0.05) is 49.8 Å². The summed E-state index contributed by atoms with van der Waals surface area (Å²) in [6, 6.07) is 10.0. The molecule has 10 heteroatoms. The summed E-state index contributed by atoms with van der Waals surface area (Å²) in [5, 5.41) is 2.49. The molecule has 2 aliphatic heterocycles. The molecule has 0 saturated carbocycles. The fourth-order valence-corrected chi connectivity index (χ4v) is 5.29. The molecule has 1 N–H and O–H groups in total. The number of nitrogens with zero attached hydrogens (tertiary/aromatic N) is 2. The molecule has 1 saturated heterocycles. The lowest BCUT2D eigenvalue weighted by Crippen LogP contribution is -2.59. The van der Waals surface area contributed by atoms with E-state index in [2.05, 4.69) is 10.2 Å². The largest absolute Gasteiger partial charge is 0.488 e. The lowest BCUT2D eigenvalue weighted by molar-refractivity contribution is -0.127. The van der Waals surface area contributed by atoms with Crippen molar-refractivity contribution in [3.63, 3.8) is 0 Å². The van der Waals surface area contributed by atoms with Crippen molar-refractivity contribution in [3.05, 3.63) is 64.5 Å². The first kappa shape index (κ1) is 27.8. The molecule has 0 aliphatic carbocycles. The Bertz CT molecular complexity index is 1200. The van der Waals surface area contributed by atoms with Gasteiger partial charge < -0.3 is 24.5 Å². The Morgan fingerprint density at radius 1 is 1.26 bits per heavy atom. The molecular formula is C28H33BFN3O5. The maximum absolute atomic E-state index is 14.7. The summed E-state index contributed by atoms with van der Waals surface area (Å²) in [6.45, 7) is 6.37. The van der Waals surface area contributed by atoms with Crippen LogP contribution in [0.1, 0.15) is 53.7 Å². The molecule has 2 aliphatic rings. The monoisotopic (exact) mass is 521 g/mol. The van der Waals surface area contributed by atoms with Gasteiger partial charge in [-0.25, -0.2) is 4.39 Å². The summed E-state index contributed by atoms with van der Waals surface area (Å²) in [4.78, 5) is 40.4. The predicted molar refractivity (Wildman–Crippen MR) is 140 cm³/mol. The summed E-state index contributed by atoms with van der Waals surface area (Å²) in [7, 11) is 7.82. The molecule has 3 atom stereocenters. The molecule has 2 aromatic rings. The van der Waals surface area contributed by atoms with E-state index in [1.54, 1.807) is 30.3 Å². The zero-order chi connectivity index (χ0) is 27.4. The lowest BCUT2D eigenvalue weighted by Gasteiger charge is -2.37. The molecule has 38 heavy (non-hydrogen) atoms. The third-order valence-electron chi connectivity index (χ3n) is 7.06. The highest BCUT2D eigenvalue weighted by atomic mass is 19.1. The van der Waals surface area contributed by atoms with Crippen molar-refractivity contribution in [2.24, 2.45) is 0 Å². The number of ether oxygens (including phenoxy) is 2. The number of carbonyl (C=O) groups excluding carboxylic acids is 3. The van der Waals surface area contributed by atoms with E-state index in [0.717, 1.165) is 18.7 Å². The van der Waals surface area contributed by atoms with Gasteiger partial charge in [-0.1, -0.05) is 12.1 Å². The molecule has 200 valence electrons. The number of halogens is 1. The van der Waals surface area contributed by atoms with Crippen molar-refractivity contribution in [3.8, 4) is 5.75 Å². The highest BCUT2D eigenvalue weighted by Gasteiger charge is 2.45. The number of aldehydes is 1. The topological polar surface area (TPSA) is 88.2 Å². The van der Waals surface area contributed by atoms with Gasteiger partial charge in [0.15, 0.2) is 0 Å². The van der Waals surface area contributed by atoms with Gasteiger partial charge in [0.2, 0.25) is 5.91 Å². The van der Waals surface area contributed by atoms with E-state index >= 15 is 0 Å². The van der Waals surface area contributed by atoms with Gasteiger partial charge in [0.1, 0.15) is 32.3 Å². The van der Waals surface area contributed by atoms with E-state index in [1.165, 1.54) is 18.0 Å². The molecule has 8 nitrogen and oxygen atoms in total. The van der Waals surface area contributed by atoms with E-state index in [1.807, 2.05) is 13.8 Å². The molecule has 4 rings (SSSR count). The average molecular weight is 521 g/mol. The summed E-state index contributed by atoms with van der Waals surface area (Å²) >= 11 is 0. The van der Waals surface area contributed by atoms with Gasteiger partial charge in [-0.05, 0) is 50.1 Å². The molecule has 2 heterocycles. The Kier molecular flexibility index (Phi) is 8.52. The number of nitrogens with one attached hydrogen (secondary N) is 1. The second-order valence-corrected chi connectivity index (χ2v) is 10.0. The zero-order valence-electron chi connectivity index (χ0n) is 22.0.